The number of carboxylic acid groups (broad SMARTS) is 1. The van der Waals surface area contributed by atoms with Gasteiger partial charge in [0.05, 0.1) is 12.0 Å². The van der Waals surface area contributed by atoms with Gasteiger partial charge in [0, 0.05) is 11.5 Å². The summed E-state index contributed by atoms with van der Waals surface area (Å²) in [6.07, 6.45) is 1.49. The summed E-state index contributed by atoms with van der Waals surface area (Å²) in [6, 6.07) is 2.65. The number of aliphatic carboxylic acids is 1. The Bertz CT molecular complexity index is 988. The van der Waals surface area contributed by atoms with Crippen LogP contribution in [-0.2, 0) is 22.4 Å². The van der Waals surface area contributed by atoms with E-state index in [1.165, 1.54) is 6.92 Å². The molecule has 0 saturated heterocycles. The number of hydrogen-bond donors (Lipinski definition) is 2. The van der Waals surface area contributed by atoms with Gasteiger partial charge < -0.3 is 19.6 Å². The molecule has 0 fully saturated rings. The van der Waals surface area contributed by atoms with Crippen LogP contribution in [0.2, 0.25) is 0 Å². The Hall–Kier alpha value is -2.83. The largest absolute Gasteiger partial charge is 0.487 e. The Balaban J connectivity index is 1.98. The van der Waals surface area contributed by atoms with E-state index in [1.54, 1.807) is 13.0 Å². The van der Waals surface area contributed by atoms with Gasteiger partial charge in [-0.2, -0.15) is 0 Å². The molecule has 2 N–H and O–H groups in total. The van der Waals surface area contributed by atoms with Crippen molar-refractivity contribution in [2.45, 2.75) is 58.6 Å². The van der Waals surface area contributed by atoms with Crippen LogP contribution in [0.5, 0.6) is 5.75 Å². The smallest absolute Gasteiger partial charge is 0.340 e. The molecule has 1 aromatic heterocycles. The maximum atomic E-state index is 12.4. The molecule has 144 valence electrons. The van der Waals surface area contributed by atoms with E-state index in [9.17, 15) is 14.4 Å². The van der Waals surface area contributed by atoms with Crippen LogP contribution in [-0.4, -0.2) is 28.6 Å². The van der Waals surface area contributed by atoms with Crippen LogP contribution in [0.1, 0.15) is 43.9 Å². The van der Waals surface area contributed by atoms with Crippen LogP contribution >= 0.6 is 0 Å². The van der Waals surface area contributed by atoms with Crippen molar-refractivity contribution in [3.8, 4) is 5.75 Å². The molecule has 0 bridgehead atoms. The van der Waals surface area contributed by atoms with E-state index in [2.05, 4.69) is 5.32 Å². The third kappa shape index (κ3) is 3.82. The Kier molecular flexibility index (Phi) is 4.71. The quantitative estimate of drug-likeness (QED) is 0.797. The van der Waals surface area contributed by atoms with Gasteiger partial charge in [0.25, 0.3) is 0 Å². The van der Waals surface area contributed by atoms with Crippen LogP contribution in [0.15, 0.2) is 21.3 Å². The number of carbonyl (C=O) groups excluding carboxylic acids is 1. The minimum atomic E-state index is -1.14. The molecule has 3 rings (SSSR count). The Labute approximate surface area is 156 Å². The molecule has 1 amide bonds. The first-order valence-electron chi connectivity index (χ1n) is 8.88. The number of aryl methyl sites for hydroxylation is 2. The number of carbonyl (C=O) groups is 2. The van der Waals surface area contributed by atoms with Gasteiger partial charge in [0.1, 0.15) is 23.0 Å². The lowest BCUT2D eigenvalue weighted by molar-refractivity contribution is -0.141. The van der Waals surface area contributed by atoms with Gasteiger partial charge in [-0.1, -0.05) is 0 Å². The van der Waals surface area contributed by atoms with Crippen molar-refractivity contribution in [2.24, 2.45) is 0 Å². The van der Waals surface area contributed by atoms with Crippen molar-refractivity contribution in [3.05, 3.63) is 39.2 Å². The number of benzene rings is 1. The van der Waals surface area contributed by atoms with Gasteiger partial charge in [0.15, 0.2) is 0 Å². The number of amides is 1. The van der Waals surface area contributed by atoms with Gasteiger partial charge in [-0.15, -0.1) is 0 Å². The van der Waals surface area contributed by atoms with Gasteiger partial charge in [0.2, 0.25) is 5.91 Å². The standard InChI is InChI=1S/C20H23NO6/c1-10-13-7-12-5-6-20(3,4)27-15(12)9-16(13)26-19(25)14(10)8-17(22)21-11(2)18(23)24/h7,9,11H,5-6,8H2,1-4H3,(H,21,22)(H,23,24)/t11-/m0/s1. The molecule has 0 spiro atoms. The van der Waals surface area contributed by atoms with Crippen LogP contribution in [0.3, 0.4) is 0 Å². The van der Waals surface area contributed by atoms with E-state index in [0.29, 0.717) is 16.9 Å². The van der Waals surface area contributed by atoms with Crippen molar-refractivity contribution in [3.63, 3.8) is 0 Å². The molecule has 0 unspecified atom stereocenters. The van der Waals surface area contributed by atoms with E-state index in [0.717, 1.165) is 23.8 Å². The molecule has 0 saturated carbocycles. The summed E-state index contributed by atoms with van der Waals surface area (Å²) >= 11 is 0. The maximum Gasteiger partial charge on any atom is 0.340 e. The van der Waals surface area contributed by atoms with Gasteiger partial charge in [-0.3, -0.25) is 9.59 Å². The minimum Gasteiger partial charge on any atom is -0.487 e. The zero-order valence-electron chi connectivity index (χ0n) is 15.8. The predicted molar refractivity (Wildman–Crippen MR) is 99.2 cm³/mol. The number of rotatable bonds is 4. The highest BCUT2D eigenvalue weighted by Crippen LogP contribution is 2.36. The molecule has 0 aliphatic carbocycles. The van der Waals surface area contributed by atoms with Crippen LogP contribution < -0.4 is 15.7 Å². The topological polar surface area (TPSA) is 106 Å². The van der Waals surface area contributed by atoms with E-state index < -0.39 is 23.5 Å². The number of hydrogen-bond acceptors (Lipinski definition) is 5. The second kappa shape index (κ2) is 6.72. The molecular weight excluding hydrogens is 350 g/mol. The Morgan fingerprint density at radius 1 is 1.33 bits per heavy atom. The number of fused-ring (bicyclic) bond motifs is 2. The normalized spacial score (nSPS) is 16.3. The van der Waals surface area contributed by atoms with Crippen LogP contribution in [0.4, 0.5) is 0 Å². The highest BCUT2D eigenvalue weighted by atomic mass is 16.5. The molecule has 27 heavy (non-hydrogen) atoms. The van der Waals surface area contributed by atoms with Gasteiger partial charge in [-0.25, -0.2) is 4.79 Å². The third-order valence-corrected chi connectivity index (χ3v) is 4.94. The second-order valence-corrected chi connectivity index (χ2v) is 7.62. The summed E-state index contributed by atoms with van der Waals surface area (Å²) in [5.74, 6) is -0.968. The molecule has 7 heteroatoms. The van der Waals surface area contributed by atoms with Crippen molar-refractivity contribution >= 4 is 22.8 Å². The molecule has 2 heterocycles. The van der Waals surface area contributed by atoms with E-state index >= 15 is 0 Å². The predicted octanol–water partition coefficient (Wildman–Crippen LogP) is 2.34. The van der Waals surface area contributed by atoms with Crippen molar-refractivity contribution in [2.75, 3.05) is 0 Å². The highest BCUT2D eigenvalue weighted by Gasteiger charge is 2.28. The molecule has 1 aliphatic rings. The van der Waals surface area contributed by atoms with Gasteiger partial charge >= 0.3 is 11.6 Å². The molecule has 2 aromatic rings. The number of ether oxygens (including phenoxy) is 1. The van der Waals surface area contributed by atoms with Gasteiger partial charge in [-0.05, 0) is 57.7 Å². The van der Waals surface area contributed by atoms with E-state index in [1.807, 2.05) is 19.9 Å². The average molecular weight is 373 g/mol. The summed E-state index contributed by atoms with van der Waals surface area (Å²) < 4.78 is 11.4. The highest BCUT2D eigenvalue weighted by molar-refractivity contribution is 5.88. The van der Waals surface area contributed by atoms with E-state index in [-0.39, 0.29) is 17.6 Å². The second-order valence-electron chi connectivity index (χ2n) is 7.62. The molecule has 7 nitrogen and oxygen atoms in total. The van der Waals surface area contributed by atoms with Crippen LogP contribution in [0, 0.1) is 6.92 Å². The molecular formula is C20H23NO6. The van der Waals surface area contributed by atoms with Crippen molar-refractivity contribution in [1.29, 1.82) is 0 Å². The average Bonchev–Trinajstić information content (AvgIpc) is 2.56. The van der Waals surface area contributed by atoms with Crippen molar-refractivity contribution < 1.29 is 23.8 Å². The maximum absolute atomic E-state index is 12.4. The van der Waals surface area contributed by atoms with Crippen molar-refractivity contribution in [1.82, 2.24) is 5.32 Å². The molecule has 0 radical (unpaired) electrons. The molecule has 1 atom stereocenters. The van der Waals surface area contributed by atoms with E-state index in [4.69, 9.17) is 14.3 Å². The Morgan fingerprint density at radius 2 is 2.04 bits per heavy atom. The fourth-order valence-corrected chi connectivity index (χ4v) is 3.25. The lowest BCUT2D eigenvalue weighted by Gasteiger charge is -2.32. The number of carboxylic acids is 1. The third-order valence-electron chi connectivity index (χ3n) is 4.94. The monoisotopic (exact) mass is 373 g/mol. The summed E-state index contributed by atoms with van der Waals surface area (Å²) in [5, 5.41) is 12.0. The summed E-state index contributed by atoms with van der Waals surface area (Å²) in [5.41, 5.74) is 1.47. The first-order valence-corrected chi connectivity index (χ1v) is 8.88. The molecule has 1 aromatic carbocycles. The summed E-state index contributed by atoms with van der Waals surface area (Å²) in [4.78, 5) is 35.4. The fraction of sp³-hybridized carbons (Fsp3) is 0.450. The lowest BCUT2D eigenvalue weighted by Crippen LogP contribution is -2.39. The first-order chi connectivity index (χ1) is 12.6. The SMILES string of the molecule is Cc1c(CC(=O)N[C@@H](C)C(=O)O)c(=O)oc2cc3c(cc12)CCC(C)(C)O3. The molecule has 1 aliphatic heterocycles. The zero-order chi connectivity index (χ0) is 19.9. The van der Waals surface area contributed by atoms with Crippen LogP contribution in [0.25, 0.3) is 11.0 Å². The zero-order valence-corrected chi connectivity index (χ0v) is 15.8. The first kappa shape index (κ1) is 18.9. The summed E-state index contributed by atoms with van der Waals surface area (Å²) in [7, 11) is 0. The Morgan fingerprint density at radius 3 is 2.70 bits per heavy atom. The number of nitrogens with one attached hydrogen (secondary N) is 1. The fourth-order valence-electron chi connectivity index (χ4n) is 3.25. The minimum absolute atomic E-state index is 0.231. The summed E-state index contributed by atoms with van der Waals surface area (Å²) in [6.45, 7) is 7.16. The lowest BCUT2D eigenvalue weighted by atomic mass is 9.92.